The number of amides is 1. The van der Waals surface area contributed by atoms with Gasteiger partial charge in [-0.05, 0) is 44.0 Å². The molecule has 0 saturated carbocycles. The summed E-state index contributed by atoms with van der Waals surface area (Å²) >= 11 is 0. The van der Waals surface area contributed by atoms with Gasteiger partial charge >= 0.3 is 5.97 Å². The number of carboxylic acids is 1. The predicted octanol–water partition coefficient (Wildman–Crippen LogP) is 0.910. The number of nitrogens with one attached hydrogen (secondary N) is 1. The van der Waals surface area contributed by atoms with Gasteiger partial charge in [0.15, 0.2) is 9.84 Å². The van der Waals surface area contributed by atoms with E-state index in [1.165, 1.54) is 19.1 Å². The molecule has 7 heteroatoms. The molecule has 0 aromatic heterocycles. The van der Waals surface area contributed by atoms with Crippen LogP contribution in [0.5, 0.6) is 0 Å². The molecule has 0 aliphatic heterocycles. The van der Waals surface area contributed by atoms with Crippen molar-refractivity contribution in [2.75, 3.05) is 6.26 Å². The topological polar surface area (TPSA) is 101 Å². The molecule has 0 bridgehead atoms. The van der Waals surface area contributed by atoms with Gasteiger partial charge in [0.05, 0.1) is 4.90 Å². The summed E-state index contributed by atoms with van der Waals surface area (Å²) in [7, 11) is -3.44. The van der Waals surface area contributed by atoms with Gasteiger partial charge in [0.25, 0.3) is 5.91 Å². The summed E-state index contributed by atoms with van der Waals surface area (Å²) < 4.78 is 23.2. The zero-order chi connectivity index (χ0) is 15.7. The Morgan fingerprint density at radius 1 is 1.25 bits per heavy atom. The Bertz CT molecular complexity index is 664. The van der Waals surface area contributed by atoms with E-state index in [9.17, 15) is 18.0 Å². The first kappa shape index (κ1) is 16.2. The number of hydrogen-bond acceptors (Lipinski definition) is 4. The summed E-state index contributed by atoms with van der Waals surface area (Å²) in [6.45, 7) is 4.71. The lowest BCUT2D eigenvalue weighted by Crippen LogP contribution is -2.38. The molecule has 0 aliphatic carbocycles. The number of rotatable bonds is 4. The van der Waals surface area contributed by atoms with Gasteiger partial charge in [-0.1, -0.05) is 0 Å². The average Bonchev–Trinajstić information content (AvgIpc) is 2.30. The van der Waals surface area contributed by atoms with Crippen molar-refractivity contribution in [1.82, 2.24) is 5.32 Å². The third-order valence-corrected chi connectivity index (χ3v) is 4.12. The van der Waals surface area contributed by atoms with Gasteiger partial charge in [0.1, 0.15) is 6.04 Å². The van der Waals surface area contributed by atoms with Crippen LogP contribution in [-0.4, -0.2) is 37.7 Å². The first-order valence-corrected chi connectivity index (χ1v) is 7.78. The molecular weight excluding hydrogens is 282 g/mol. The Labute approximate surface area is 117 Å². The van der Waals surface area contributed by atoms with Crippen LogP contribution in [0.25, 0.3) is 0 Å². The van der Waals surface area contributed by atoms with Gasteiger partial charge < -0.3 is 10.4 Å². The van der Waals surface area contributed by atoms with Gasteiger partial charge in [-0.3, -0.25) is 9.59 Å². The van der Waals surface area contributed by atoms with Crippen LogP contribution in [0.4, 0.5) is 0 Å². The Kier molecular flexibility index (Phi) is 4.54. The SMILES string of the molecule is Cc1cc(S(C)(=O)=O)cc(C(=O)N[C@@H](C)C(=O)O)c1C. The first-order chi connectivity index (χ1) is 9.04. The average molecular weight is 299 g/mol. The fraction of sp³-hybridized carbons (Fsp3) is 0.385. The minimum Gasteiger partial charge on any atom is -0.480 e. The maximum Gasteiger partial charge on any atom is 0.325 e. The minimum atomic E-state index is -3.44. The molecule has 0 aliphatic rings. The third kappa shape index (κ3) is 3.57. The molecule has 110 valence electrons. The molecule has 0 heterocycles. The van der Waals surface area contributed by atoms with E-state index in [2.05, 4.69) is 5.32 Å². The summed E-state index contributed by atoms with van der Waals surface area (Å²) in [5.41, 5.74) is 1.44. The number of carbonyl (C=O) groups is 2. The zero-order valence-corrected chi connectivity index (χ0v) is 12.5. The van der Waals surface area contributed by atoms with Crippen molar-refractivity contribution < 1.29 is 23.1 Å². The van der Waals surface area contributed by atoms with Crippen molar-refractivity contribution in [3.8, 4) is 0 Å². The molecule has 1 atom stereocenters. The fourth-order valence-electron chi connectivity index (χ4n) is 1.61. The molecule has 1 aromatic rings. The van der Waals surface area contributed by atoms with Crippen LogP contribution in [-0.2, 0) is 14.6 Å². The quantitative estimate of drug-likeness (QED) is 0.860. The minimum absolute atomic E-state index is 0.0359. The smallest absolute Gasteiger partial charge is 0.325 e. The molecular formula is C13H17NO5S. The number of carboxylic acid groups (broad SMARTS) is 1. The van der Waals surface area contributed by atoms with Crippen molar-refractivity contribution in [2.45, 2.75) is 31.7 Å². The van der Waals surface area contributed by atoms with E-state index in [1.54, 1.807) is 13.8 Å². The Hall–Kier alpha value is -1.89. The molecule has 1 amide bonds. The normalized spacial score (nSPS) is 12.8. The van der Waals surface area contributed by atoms with Crippen LogP contribution < -0.4 is 5.32 Å². The Morgan fingerprint density at radius 2 is 1.80 bits per heavy atom. The highest BCUT2D eigenvalue weighted by Gasteiger charge is 2.20. The zero-order valence-electron chi connectivity index (χ0n) is 11.7. The number of carbonyl (C=O) groups excluding carboxylic acids is 1. The second-order valence-electron chi connectivity index (χ2n) is 4.72. The van der Waals surface area contributed by atoms with Crippen molar-refractivity contribution in [1.29, 1.82) is 0 Å². The van der Waals surface area contributed by atoms with Crippen molar-refractivity contribution in [3.63, 3.8) is 0 Å². The van der Waals surface area contributed by atoms with E-state index in [0.29, 0.717) is 11.1 Å². The summed E-state index contributed by atoms with van der Waals surface area (Å²) in [5.74, 6) is -1.77. The number of benzene rings is 1. The van der Waals surface area contributed by atoms with Gasteiger partial charge in [0.2, 0.25) is 0 Å². The maximum atomic E-state index is 12.0. The second-order valence-corrected chi connectivity index (χ2v) is 6.73. The van der Waals surface area contributed by atoms with Gasteiger partial charge in [-0.2, -0.15) is 0 Å². The molecule has 20 heavy (non-hydrogen) atoms. The summed E-state index contributed by atoms with van der Waals surface area (Å²) in [4.78, 5) is 22.8. The number of aliphatic carboxylic acids is 1. The number of hydrogen-bond donors (Lipinski definition) is 2. The lowest BCUT2D eigenvalue weighted by atomic mass is 10.0. The highest BCUT2D eigenvalue weighted by molar-refractivity contribution is 7.90. The van der Waals surface area contributed by atoms with E-state index >= 15 is 0 Å². The molecule has 0 radical (unpaired) electrons. The molecule has 0 saturated heterocycles. The molecule has 1 aromatic carbocycles. The fourth-order valence-corrected chi connectivity index (χ4v) is 2.34. The van der Waals surface area contributed by atoms with Crippen LogP contribution in [0.15, 0.2) is 17.0 Å². The lowest BCUT2D eigenvalue weighted by Gasteiger charge is -2.13. The molecule has 1 rings (SSSR count). The van der Waals surface area contributed by atoms with Gasteiger partial charge in [0, 0.05) is 11.8 Å². The van der Waals surface area contributed by atoms with E-state index in [0.717, 1.165) is 6.26 Å². The monoisotopic (exact) mass is 299 g/mol. The van der Waals surface area contributed by atoms with Crippen LogP contribution in [0, 0.1) is 13.8 Å². The lowest BCUT2D eigenvalue weighted by molar-refractivity contribution is -0.138. The number of sulfone groups is 1. The van der Waals surface area contributed by atoms with Crippen LogP contribution in [0.3, 0.4) is 0 Å². The van der Waals surface area contributed by atoms with E-state index in [-0.39, 0.29) is 10.5 Å². The summed E-state index contributed by atoms with van der Waals surface area (Å²) in [5, 5.41) is 11.1. The highest BCUT2D eigenvalue weighted by atomic mass is 32.2. The van der Waals surface area contributed by atoms with Crippen LogP contribution in [0.2, 0.25) is 0 Å². The van der Waals surface area contributed by atoms with Crippen molar-refractivity contribution in [2.24, 2.45) is 0 Å². The van der Waals surface area contributed by atoms with Crippen molar-refractivity contribution in [3.05, 3.63) is 28.8 Å². The van der Waals surface area contributed by atoms with Crippen LogP contribution >= 0.6 is 0 Å². The third-order valence-electron chi connectivity index (χ3n) is 3.03. The summed E-state index contributed by atoms with van der Waals surface area (Å²) in [6.07, 6.45) is 1.05. The molecule has 0 spiro atoms. The van der Waals surface area contributed by atoms with Gasteiger partial charge in [-0.25, -0.2) is 8.42 Å². The number of aryl methyl sites for hydroxylation is 1. The Balaban J connectivity index is 3.27. The highest BCUT2D eigenvalue weighted by Crippen LogP contribution is 2.20. The predicted molar refractivity (Wildman–Crippen MR) is 73.6 cm³/mol. The first-order valence-electron chi connectivity index (χ1n) is 5.89. The van der Waals surface area contributed by atoms with E-state index < -0.39 is 27.8 Å². The van der Waals surface area contributed by atoms with E-state index in [1.807, 2.05) is 0 Å². The summed E-state index contributed by atoms with van der Waals surface area (Å²) in [6, 6.07) is 1.70. The van der Waals surface area contributed by atoms with Crippen LogP contribution in [0.1, 0.15) is 28.4 Å². The molecule has 2 N–H and O–H groups in total. The molecule has 0 fully saturated rings. The second kappa shape index (κ2) is 5.62. The Morgan fingerprint density at radius 3 is 2.25 bits per heavy atom. The molecule has 6 nitrogen and oxygen atoms in total. The standard InChI is InChI=1S/C13H17NO5S/c1-7-5-10(20(4,18)19)6-11(8(7)2)12(15)14-9(3)13(16)17/h5-6,9H,1-4H3,(H,14,15)(H,16,17)/t9-/m0/s1. The maximum absolute atomic E-state index is 12.0. The van der Waals surface area contributed by atoms with E-state index in [4.69, 9.17) is 5.11 Å². The van der Waals surface area contributed by atoms with Gasteiger partial charge in [-0.15, -0.1) is 0 Å². The van der Waals surface area contributed by atoms with Crippen molar-refractivity contribution >= 4 is 21.7 Å². The molecule has 0 unspecified atom stereocenters. The largest absolute Gasteiger partial charge is 0.480 e.